The Balaban J connectivity index is 2.96. The van der Waals surface area contributed by atoms with Crippen LogP contribution in [0.4, 0.5) is 0 Å². The molecule has 0 unspecified atom stereocenters. The van der Waals surface area contributed by atoms with Gasteiger partial charge in [-0.2, -0.15) is 0 Å². The summed E-state index contributed by atoms with van der Waals surface area (Å²) < 4.78 is 0. The van der Waals surface area contributed by atoms with Crippen molar-refractivity contribution in [3.63, 3.8) is 0 Å². The van der Waals surface area contributed by atoms with Crippen LogP contribution in [0.1, 0.15) is 10.4 Å². The van der Waals surface area contributed by atoms with Crippen molar-refractivity contribution in [3.05, 3.63) is 23.8 Å². The monoisotopic (exact) mass is 211 g/mol. The zero-order valence-electron chi connectivity index (χ0n) is 8.34. The molecular formula is C10H13NO4. The van der Waals surface area contributed by atoms with E-state index in [1.54, 1.807) is 0 Å². The van der Waals surface area contributed by atoms with E-state index < -0.39 is 11.7 Å². The second-order valence-corrected chi connectivity index (χ2v) is 3.12. The summed E-state index contributed by atoms with van der Waals surface area (Å²) in [7, 11) is 1.50. The number of carbonyl (C=O) groups excluding carboxylic acids is 1. The van der Waals surface area contributed by atoms with Gasteiger partial charge in [-0.1, -0.05) is 6.07 Å². The number of rotatable bonds is 3. The highest BCUT2D eigenvalue weighted by Gasteiger charge is 2.16. The second kappa shape index (κ2) is 4.65. The van der Waals surface area contributed by atoms with Gasteiger partial charge in [0.2, 0.25) is 0 Å². The number of carbonyl (C=O) groups is 1. The van der Waals surface area contributed by atoms with Crippen LogP contribution in [0.15, 0.2) is 18.2 Å². The molecule has 5 heteroatoms. The van der Waals surface area contributed by atoms with Gasteiger partial charge in [-0.05, 0) is 12.1 Å². The van der Waals surface area contributed by atoms with E-state index in [9.17, 15) is 15.0 Å². The SMILES string of the molecule is CN(CCO)C(=O)c1cccc(O)c1O. The maximum atomic E-state index is 11.7. The van der Waals surface area contributed by atoms with Crippen molar-refractivity contribution in [3.8, 4) is 11.5 Å². The number of aliphatic hydroxyl groups excluding tert-OH is 1. The van der Waals surface area contributed by atoms with E-state index in [0.717, 1.165) is 0 Å². The van der Waals surface area contributed by atoms with Crippen molar-refractivity contribution in [1.29, 1.82) is 0 Å². The third kappa shape index (κ3) is 2.38. The lowest BCUT2D eigenvalue weighted by molar-refractivity contribution is 0.0763. The summed E-state index contributed by atoms with van der Waals surface area (Å²) in [5.74, 6) is -1.22. The predicted molar refractivity (Wildman–Crippen MR) is 53.8 cm³/mol. The molecule has 1 aromatic rings. The molecule has 3 N–H and O–H groups in total. The van der Waals surface area contributed by atoms with E-state index in [1.807, 2.05) is 0 Å². The minimum Gasteiger partial charge on any atom is -0.504 e. The van der Waals surface area contributed by atoms with Gasteiger partial charge in [0, 0.05) is 13.6 Å². The Kier molecular flexibility index (Phi) is 3.51. The van der Waals surface area contributed by atoms with E-state index in [1.165, 1.54) is 30.1 Å². The second-order valence-electron chi connectivity index (χ2n) is 3.12. The number of phenolic OH excluding ortho intramolecular Hbond substituents is 2. The lowest BCUT2D eigenvalue weighted by atomic mass is 10.1. The van der Waals surface area contributed by atoms with Gasteiger partial charge >= 0.3 is 0 Å². The van der Waals surface area contributed by atoms with Crippen LogP contribution in [0, 0.1) is 0 Å². The lowest BCUT2D eigenvalue weighted by Crippen LogP contribution is -2.29. The Morgan fingerprint density at radius 1 is 1.40 bits per heavy atom. The van der Waals surface area contributed by atoms with Crippen LogP contribution >= 0.6 is 0 Å². The molecule has 1 rings (SSSR count). The molecule has 0 aliphatic rings. The zero-order chi connectivity index (χ0) is 11.4. The summed E-state index contributed by atoms with van der Waals surface area (Å²) in [4.78, 5) is 12.9. The van der Waals surface area contributed by atoms with Crippen LogP contribution in [0.5, 0.6) is 11.5 Å². The summed E-state index contributed by atoms with van der Waals surface area (Å²) >= 11 is 0. The average Bonchev–Trinajstić information content (AvgIpc) is 2.21. The van der Waals surface area contributed by atoms with Crippen LogP contribution in [0.2, 0.25) is 0 Å². The minimum absolute atomic E-state index is 0.0194. The summed E-state index contributed by atoms with van der Waals surface area (Å²) in [6.45, 7) is 0.0236. The van der Waals surface area contributed by atoms with Crippen molar-refractivity contribution >= 4 is 5.91 Å². The molecule has 1 aromatic carbocycles. The first-order valence-electron chi connectivity index (χ1n) is 4.45. The molecule has 0 radical (unpaired) electrons. The number of phenols is 2. The van der Waals surface area contributed by atoms with Crippen LogP contribution in [-0.2, 0) is 0 Å². The summed E-state index contributed by atoms with van der Waals surface area (Å²) in [5, 5.41) is 27.3. The fraction of sp³-hybridized carbons (Fsp3) is 0.300. The van der Waals surface area contributed by atoms with Crippen molar-refractivity contribution in [2.24, 2.45) is 0 Å². The Labute approximate surface area is 87.2 Å². The van der Waals surface area contributed by atoms with E-state index in [0.29, 0.717) is 0 Å². The molecule has 0 aliphatic heterocycles. The topological polar surface area (TPSA) is 81.0 Å². The minimum atomic E-state index is -0.447. The number of hydrogen-bond donors (Lipinski definition) is 3. The normalized spacial score (nSPS) is 10.0. The summed E-state index contributed by atoms with van der Waals surface area (Å²) in [6.07, 6.45) is 0. The Morgan fingerprint density at radius 3 is 2.67 bits per heavy atom. The molecule has 82 valence electrons. The first-order valence-corrected chi connectivity index (χ1v) is 4.45. The number of para-hydroxylation sites is 1. The van der Waals surface area contributed by atoms with Crippen LogP contribution in [0.25, 0.3) is 0 Å². The quantitative estimate of drug-likeness (QED) is 0.622. The molecule has 5 nitrogen and oxygen atoms in total. The number of amides is 1. The maximum absolute atomic E-state index is 11.7. The largest absolute Gasteiger partial charge is 0.504 e. The van der Waals surface area contributed by atoms with Crippen LogP contribution < -0.4 is 0 Å². The molecular weight excluding hydrogens is 198 g/mol. The van der Waals surface area contributed by atoms with Crippen LogP contribution in [0.3, 0.4) is 0 Å². The molecule has 0 saturated carbocycles. The molecule has 0 spiro atoms. The molecule has 0 aromatic heterocycles. The standard InChI is InChI=1S/C10H13NO4/c1-11(5-6-12)10(15)7-3-2-4-8(13)9(7)14/h2-4,12-14H,5-6H2,1H3. The van der Waals surface area contributed by atoms with E-state index in [-0.39, 0.29) is 24.5 Å². The van der Waals surface area contributed by atoms with Gasteiger partial charge in [-0.25, -0.2) is 0 Å². The number of nitrogens with zero attached hydrogens (tertiary/aromatic N) is 1. The average molecular weight is 211 g/mol. The van der Waals surface area contributed by atoms with Gasteiger partial charge < -0.3 is 20.2 Å². The van der Waals surface area contributed by atoms with Gasteiger partial charge in [0.05, 0.1) is 12.2 Å². The zero-order valence-corrected chi connectivity index (χ0v) is 8.34. The van der Waals surface area contributed by atoms with Crippen LogP contribution in [-0.4, -0.2) is 46.3 Å². The smallest absolute Gasteiger partial charge is 0.257 e. The first-order chi connectivity index (χ1) is 7.07. The molecule has 0 bridgehead atoms. The van der Waals surface area contributed by atoms with Crippen molar-refractivity contribution in [2.45, 2.75) is 0 Å². The number of likely N-dealkylation sites (N-methyl/N-ethyl adjacent to an activating group) is 1. The summed E-state index contributed by atoms with van der Waals surface area (Å²) in [5.41, 5.74) is 0.0194. The predicted octanol–water partition coefficient (Wildman–Crippen LogP) is 0.162. The van der Waals surface area contributed by atoms with Gasteiger partial charge in [-0.15, -0.1) is 0 Å². The molecule has 0 saturated heterocycles. The highest BCUT2D eigenvalue weighted by Crippen LogP contribution is 2.28. The molecule has 0 fully saturated rings. The Morgan fingerprint density at radius 2 is 2.07 bits per heavy atom. The number of aromatic hydroxyl groups is 2. The van der Waals surface area contributed by atoms with Gasteiger partial charge in [0.1, 0.15) is 0 Å². The molecule has 0 heterocycles. The van der Waals surface area contributed by atoms with Gasteiger partial charge in [0.15, 0.2) is 11.5 Å². The Hall–Kier alpha value is -1.75. The number of hydrogen-bond acceptors (Lipinski definition) is 4. The fourth-order valence-corrected chi connectivity index (χ4v) is 1.16. The van der Waals surface area contributed by atoms with E-state index in [4.69, 9.17) is 5.11 Å². The van der Waals surface area contributed by atoms with E-state index in [2.05, 4.69) is 0 Å². The summed E-state index contributed by atoms with van der Waals surface area (Å²) in [6, 6.07) is 4.17. The highest BCUT2D eigenvalue weighted by atomic mass is 16.3. The van der Waals surface area contributed by atoms with Gasteiger partial charge in [0.25, 0.3) is 5.91 Å². The third-order valence-corrected chi connectivity index (χ3v) is 2.03. The molecule has 15 heavy (non-hydrogen) atoms. The Bertz CT molecular complexity index is 364. The molecule has 1 amide bonds. The first kappa shape index (κ1) is 11.3. The maximum Gasteiger partial charge on any atom is 0.257 e. The van der Waals surface area contributed by atoms with Crippen molar-refractivity contribution in [1.82, 2.24) is 4.90 Å². The van der Waals surface area contributed by atoms with E-state index >= 15 is 0 Å². The molecule has 0 atom stereocenters. The highest BCUT2D eigenvalue weighted by molar-refractivity contribution is 5.97. The number of aliphatic hydroxyl groups is 1. The lowest BCUT2D eigenvalue weighted by Gasteiger charge is -2.16. The van der Waals surface area contributed by atoms with Crippen molar-refractivity contribution < 1.29 is 20.1 Å². The fourth-order valence-electron chi connectivity index (χ4n) is 1.16. The van der Waals surface area contributed by atoms with Gasteiger partial charge in [-0.3, -0.25) is 4.79 Å². The third-order valence-electron chi connectivity index (χ3n) is 2.03. The van der Waals surface area contributed by atoms with Crippen molar-refractivity contribution in [2.75, 3.05) is 20.2 Å². The number of benzene rings is 1. The molecule has 0 aliphatic carbocycles.